The highest BCUT2D eigenvalue weighted by molar-refractivity contribution is 14.1. The summed E-state index contributed by atoms with van der Waals surface area (Å²) in [6.45, 7) is 0.445. The normalized spacial score (nSPS) is 10.8. The minimum absolute atomic E-state index is 0.128. The number of anilines is 1. The van der Waals surface area contributed by atoms with Crippen LogP contribution in [-0.4, -0.2) is 18.7 Å². The van der Waals surface area contributed by atoms with E-state index in [0.29, 0.717) is 22.4 Å². The molecule has 3 aromatic rings. The second-order valence-corrected chi connectivity index (χ2v) is 8.34. The Labute approximate surface area is 198 Å². The zero-order chi connectivity index (χ0) is 21.3. The van der Waals surface area contributed by atoms with Crippen molar-refractivity contribution in [1.29, 1.82) is 0 Å². The maximum absolute atomic E-state index is 11.9. The fourth-order valence-electron chi connectivity index (χ4n) is 2.45. The van der Waals surface area contributed by atoms with Crippen LogP contribution < -0.4 is 15.5 Å². The summed E-state index contributed by atoms with van der Waals surface area (Å²) >= 11 is 14.3. The van der Waals surface area contributed by atoms with E-state index in [-0.39, 0.29) is 12.5 Å². The van der Waals surface area contributed by atoms with Gasteiger partial charge in [0.15, 0.2) is 0 Å². The molecule has 3 aromatic carbocycles. The molecule has 0 spiro atoms. The molecule has 0 radical (unpaired) electrons. The number of carbonyl (C=O) groups excluding carboxylic acids is 1. The molecule has 0 saturated carbocycles. The Morgan fingerprint density at radius 1 is 1.07 bits per heavy atom. The molecular formula is C22H18Cl2IN3O2. The van der Waals surface area contributed by atoms with Crippen molar-refractivity contribution in [3.05, 3.63) is 91.5 Å². The molecule has 0 saturated heterocycles. The number of hydrogen-bond donors (Lipinski definition) is 2. The van der Waals surface area contributed by atoms with Crippen molar-refractivity contribution in [1.82, 2.24) is 5.43 Å². The Hall–Kier alpha value is -2.29. The third kappa shape index (κ3) is 7.19. The third-order valence-electron chi connectivity index (χ3n) is 3.97. The van der Waals surface area contributed by atoms with Gasteiger partial charge in [-0.25, -0.2) is 5.43 Å². The SMILES string of the molecule is O=C(CNc1ccc(I)cc1)N/N=C\c1cccc(OCc2ccc(Cl)cc2Cl)c1. The quantitative estimate of drug-likeness (QED) is 0.212. The second-order valence-electron chi connectivity index (χ2n) is 6.25. The number of benzene rings is 3. The molecule has 30 heavy (non-hydrogen) atoms. The smallest absolute Gasteiger partial charge is 0.259 e. The average molecular weight is 554 g/mol. The minimum atomic E-state index is -0.241. The summed E-state index contributed by atoms with van der Waals surface area (Å²) in [7, 11) is 0. The van der Waals surface area contributed by atoms with E-state index in [2.05, 4.69) is 38.4 Å². The molecule has 1 amide bonds. The molecular weight excluding hydrogens is 536 g/mol. The number of rotatable bonds is 8. The standard InChI is InChI=1S/C22H18Cl2IN3O2/c23-17-5-4-16(21(24)11-17)14-30-20-3-1-2-15(10-20)12-27-28-22(29)13-26-19-8-6-18(25)7-9-19/h1-12,26H,13-14H2,(H,28,29)/b27-12-. The highest BCUT2D eigenvalue weighted by Gasteiger charge is 2.03. The van der Waals surface area contributed by atoms with E-state index in [0.717, 1.165) is 20.4 Å². The van der Waals surface area contributed by atoms with Gasteiger partial charge in [0.1, 0.15) is 12.4 Å². The van der Waals surface area contributed by atoms with Crippen LogP contribution >= 0.6 is 45.8 Å². The number of carbonyl (C=O) groups is 1. The van der Waals surface area contributed by atoms with Gasteiger partial charge in [-0.1, -0.05) is 41.4 Å². The number of hydrogen-bond acceptors (Lipinski definition) is 4. The lowest BCUT2D eigenvalue weighted by molar-refractivity contribution is -0.119. The maximum atomic E-state index is 11.9. The molecule has 0 fully saturated rings. The maximum Gasteiger partial charge on any atom is 0.259 e. The molecule has 0 aliphatic rings. The van der Waals surface area contributed by atoms with E-state index >= 15 is 0 Å². The Balaban J connectivity index is 1.48. The molecule has 3 rings (SSSR count). The van der Waals surface area contributed by atoms with Crippen LogP contribution in [0.3, 0.4) is 0 Å². The van der Waals surface area contributed by atoms with Crippen molar-refractivity contribution in [2.75, 3.05) is 11.9 Å². The molecule has 8 heteroatoms. The Morgan fingerprint density at radius 3 is 2.63 bits per heavy atom. The minimum Gasteiger partial charge on any atom is -0.489 e. The van der Waals surface area contributed by atoms with Gasteiger partial charge < -0.3 is 10.1 Å². The van der Waals surface area contributed by atoms with Crippen LogP contribution in [0.25, 0.3) is 0 Å². The summed E-state index contributed by atoms with van der Waals surface area (Å²) in [5.41, 5.74) is 5.01. The molecule has 0 bridgehead atoms. The van der Waals surface area contributed by atoms with Crippen LogP contribution in [0.2, 0.25) is 10.0 Å². The monoisotopic (exact) mass is 553 g/mol. The van der Waals surface area contributed by atoms with Crippen molar-refractivity contribution in [3.63, 3.8) is 0 Å². The van der Waals surface area contributed by atoms with Crippen molar-refractivity contribution >= 4 is 63.6 Å². The van der Waals surface area contributed by atoms with E-state index in [1.165, 1.54) is 0 Å². The van der Waals surface area contributed by atoms with E-state index < -0.39 is 0 Å². The lowest BCUT2D eigenvalue weighted by atomic mass is 10.2. The van der Waals surface area contributed by atoms with Crippen LogP contribution in [0, 0.1) is 3.57 Å². The Kier molecular flexibility index (Phi) is 8.36. The fraction of sp³-hybridized carbons (Fsp3) is 0.0909. The first-order chi connectivity index (χ1) is 14.5. The topological polar surface area (TPSA) is 62.7 Å². The third-order valence-corrected chi connectivity index (χ3v) is 5.27. The Morgan fingerprint density at radius 2 is 1.87 bits per heavy atom. The zero-order valence-corrected chi connectivity index (χ0v) is 19.4. The van der Waals surface area contributed by atoms with Crippen molar-refractivity contribution in [2.45, 2.75) is 6.61 Å². The van der Waals surface area contributed by atoms with Gasteiger partial charge in [-0.2, -0.15) is 5.10 Å². The molecule has 0 heterocycles. The van der Waals surface area contributed by atoms with Crippen molar-refractivity contribution in [3.8, 4) is 5.75 Å². The summed E-state index contributed by atoms with van der Waals surface area (Å²) in [5.74, 6) is 0.422. The molecule has 0 atom stereocenters. The lowest BCUT2D eigenvalue weighted by Gasteiger charge is -2.08. The van der Waals surface area contributed by atoms with E-state index in [1.807, 2.05) is 54.6 Å². The lowest BCUT2D eigenvalue weighted by Crippen LogP contribution is -2.25. The van der Waals surface area contributed by atoms with Gasteiger partial charge in [0.2, 0.25) is 0 Å². The zero-order valence-electron chi connectivity index (χ0n) is 15.7. The summed E-state index contributed by atoms with van der Waals surface area (Å²) in [6, 6.07) is 20.4. The fourth-order valence-corrected chi connectivity index (χ4v) is 3.28. The van der Waals surface area contributed by atoms with Crippen LogP contribution in [-0.2, 0) is 11.4 Å². The van der Waals surface area contributed by atoms with Crippen LogP contribution in [0.1, 0.15) is 11.1 Å². The molecule has 2 N–H and O–H groups in total. The average Bonchev–Trinajstić information content (AvgIpc) is 2.73. The summed E-state index contributed by atoms with van der Waals surface area (Å²) in [4.78, 5) is 11.9. The van der Waals surface area contributed by atoms with Crippen LogP contribution in [0.4, 0.5) is 5.69 Å². The number of nitrogens with one attached hydrogen (secondary N) is 2. The molecule has 0 aliphatic heterocycles. The number of hydrazone groups is 1. The van der Waals surface area contributed by atoms with E-state index in [4.69, 9.17) is 27.9 Å². The first-order valence-corrected chi connectivity index (χ1v) is 10.8. The first kappa shape index (κ1) is 22.4. The number of ether oxygens (including phenoxy) is 1. The van der Waals surface area contributed by atoms with Gasteiger partial charge in [0, 0.05) is 24.9 Å². The van der Waals surface area contributed by atoms with Crippen LogP contribution in [0.5, 0.6) is 5.75 Å². The predicted molar refractivity (Wildman–Crippen MR) is 131 cm³/mol. The molecule has 0 aliphatic carbocycles. The van der Waals surface area contributed by atoms with Gasteiger partial charge in [0.05, 0.1) is 12.8 Å². The summed E-state index contributed by atoms with van der Waals surface area (Å²) in [6.07, 6.45) is 1.56. The van der Waals surface area contributed by atoms with E-state index in [9.17, 15) is 4.79 Å². The summed E-state index contributed by atoms with van der Waals surface area (Å²) in [5, 5.41) is 8.17. The van der Waals surface area contributed by atoms with Gasteiger partial charge in [0.25, 0.3) is 5.91 Å². The number of nitrogens with zero attached hydrogens (tertiary/aromatic N) is 1. The second kappa shape index (κ2) is 11.2. The highest BCUT2D eigenvalue weighted by Crippen LogP contribution is 2.23. The number of amides is 1. The molecule has 5 nitrogen and oxygen atoms in total. The van der Waals surface area contributed by atoms with Gasteiger partial charge in [-0.3, -0.25) is 4.79 Å². The van der Waals surface area contributed by atoms with Gasteiger partial charge in [-0.05, 0) is 76.7 Å². The Bertz CT molecular complexity index is 1040. The molecule has 154 valence electrons. The molecule has 0 aromatic heterocycles. The highest BCUT2D eigenvalue weighted by atomic mass is 127. The number of halogens is 3. The summed E-state index contributed by atoms with van der Waals surface area (Å²) < 4.78 is 6.92. The molecule has 0 unspecified atom stereocenters. The van der Waals surface area contributed by atoms with Crippen molar-refractivity contribution < 1.29 is 9.53 Å². The van der Waals surface area contributed by atoms with E-state index in [1.54, 1.807) is 18.3 Å². The largest absolute Gasteiger partial charge is 0.489 e. The van der Waals surface area contributed by atoms with Gasteiger partial charge >= 0.3 is 0 Å². The van der Waals surface area contributed by atoms with Crippen LogP contribution in [0.15, 0.2) is 71.8 Å². The van der Waals surface area contributed by atoms with Gasteiger partial charge in [-0.15, -0.1) is 0 Å². The first-order valence-electron chi connectivity index (χ1n) is 8.98. The van der Waals surface area contributed by atoms with Crippen molar-refractivity contribution in [2.24, 2.45) is 5.10 Å². The predicted octanol–water partition coefficient (Wildman–Crippen LogP) is 5.74.